The van der Waals surface area contributed by atoms with Crippen LogP contribution in [-0.4, -0.2) is 79.2 Å². The van der Waals surface area contributed by atoms with Crippen LogP contribution in [0.5, 0.6) is 11.5 Å². The van der Waals surface area contributed by atoms with Crippen molar-refractivity contribution >= 4 is 11.8 Å². The minimum Gasteiger partial charge on any atom is -0.467 e. The first-order valence-corrected chi connectivity index (χ1v) is 14.9. The van der Waals surface area contributed by atoms with E-state index in [2.05, 4.69) is 11.8 Å². The molecule has 1 aromatic carbocycles. The van der Waals surface area contributed by atoms with E-state index in [9.17, 15) is 9.59 Å². The zero-order valence-corrected chi connectivity index (χ0v) is 24.0. The second-order valence-corrected chi connectivity index (χ2v) is 10.7. The Labute approximate surface area is 238 Å². The van der Waals surface area contributed by atoms with E-state index in [1.807, 2.05) is 30.3 Å². The van der Waals surface area contributed by atoms with Crippen molar-refractivity contribution in [2.75, 3.05) is 52.7 Å². The van der Waals surface area contributed by atoms with E-state index in [4.69, 9.17) is 18.6 Å². The van der Waals surface area contributed by atoms with Crippen LogP contribution in [0.15, 0.2) is 41.0 Å². The molecule has 40 heavy (non-hydrogen) atoms. The lowest BCUT2D eigenvalue weighted by molar-refractivity contribution is -0.141. The average Bonchev–Trinajstić information content (AvgIpc) is 3.66. The summed E-state index contributed by atoms with van der Waals surface area (Å²) in [4.78, 5) is 33.0. The Morgan fingerprint density at radius 3 is 2.48 bits per heavy atom. The highest BCUT2D eigenvalue weighted by Gasteiger charge is 2.24. The number of benzene rings is 1. The molecule has 9 heteroatoms. The number of nitrogens with zero attached hydrogens (tertiary/aromatic N) is 3. The van der Waals surface area contributed by atoms with E-state index in [1.165, 1.54) is 19.3 Å². The summed E-state index contributed by atoms with van der Waals surface area (Å²) >= 11 is 0. The number of amides is 2. The molecule has 0 unspecified atom stereocenters. The normalized spacial score (nSPS) is 14.8. The maximum Gasteiger partial charge on any atom is 0.242 e. The third-order valence-electron chi connectivity index (χ3n) is 7.52. The number of unbranched alkanes of at least 4 members (excludes halogenated alkanes) is 5. The lowest BCUT2D eigenvalue weighted by atomic mass is 10.1. The molecular weight excluding hydrogens is 510 g/mol. The number of morpholine rings is 1. The first-order valence-electron chi connectivity index (χ1n) is 14.9. The van der Waals surface area contributed by atoms with Crippen molar-refractivity contribution < 1.29 is 28.2 Å². The van der Waals surface area contributed by atoms with Gasteiger partial charge < -0.3 is 28.4 Å². The largest absolute Gasteiger partial charge is 0.467 e. The highest BCUT2D eigenvalue weighted by atomic mass is 16.7. The van der Waals surface area contributed by atoms with Crippen molar-refractivity contribution in [1.82, 2.24) is 14.7 Å². The zero-order chi connectivity index (χ0) is 28.0. The highest BCUT2D eigenvalue weighted by molar-refractivity contribution is 5.84. The molecule has 1 fully saturated rings. The number of hydrogen-bond donors (Lipinski definition) is 0. The van der Waals surface area contributed by atoms with Crippen molar-refractivity contribution in [3.8, 4) is 11.5 Å². The van der Waals surface area contributed by atoms with Crippen LogP contribution in [-0.2, 0) is 27.4 Å². The predicted octanol–water partition coefficient (Wildman–Crippen LogP) is 4.84. The van der Waals surface area contributed by atoms with Gasteiger partial charge >= 0.3 is 0 Å². The minimum atomic E-state index is -0.100. The second-order valence-electron chi connectivity index (χ2n) is 10.7. The zero-order valence-electron chi connectivity index (χ0n) is 24.0. The van der Waals surface area contributed by atoms with Gasteiger partial charge in [0.05, 0.1) is 32.6 Å². The third kappa shape index (κ3) is 9.55. The molecular formula is C31H45N3O6. The summed E-state index contributed by atoms with van der Waals surface area (Å²) in [5, 5.41) is 0. The second kappa shape index (κ2) is 16.3. The summed E-state index contributed by atoms with van der Waals surface area (Å²) in [6.07, 6.45) is 9.66. The van der Waals surface area contributed by atoms with Gasteiger partial charge in [-0.05, 0) is 42.7 Å². The van der Waals surface area contributed by atoms with Gasteiger partial charge in [0, 0.05) is 39.1 Å². The first-order chi connectivity index (χ1) is 19.6. The van der Waals surface area contributed by atoms with E-state index < -0.39 is 0 Å². The van der Waals surface area contributed by atoms with E-state index in [0.29, 0.717) is 43.3 Å². The lowest BCUT2D eigenvalue weighted by Crippen LogP contribution is -2.44. The maximum absolute atomic E-state index is 13.7. The molecule has 0 bridgehead atoms. The molecule has 0 spiro atoms. The molecule has 3 heterocycles. The molecule has 4 rings (SSSR count). The molecule has 1 saturated heterocycles. The molecule has 0 saturated carbocycles. The quantitative estimate of drug-likeness (QED) is 0.258. The van der Waals surface area contributed by atoms with E-state index in [0.717, 1.165) is 64.1 Å². The molecule has 0 atom stereocenters. The molecule has 2 aromatic rings. The average molecular weight is 556 g/mol. The van der Waals surface area contributed by atoms with E-state index >= 15 is 0 Å². The van der Waals surface area contributed by atoms with E-state index in [1.54, 1.807) is 16.1 Å². The number of furan rings is 1. The molecule has 9 nitrogen and oxygen atoms in total. The Morgan fingerprint density at radius 1 is 0.875 bits per heavy atom. The van der Waals surface area contributed by atoms with E-state index in [-0.39, 0.29) is 25.2 Å². The van der Waals surface area contributed by atoms with Gasteiger partial charge in [-0.25, -0.2) is 0 Å². The van der Waals surface area contributed by atoms with Gasteiger partial charge in [0.25, 0.3) is 0 Å². The van der Waals surface area contributed by atoms with Crippen LogP contribution < -0.4 is 9.47 Å². The molecule has 2 amide bonds. The smallest absolute Gasteiger partial charge is 0.242 e. The van der Waals surface area contributed by atoms with Crippen LogP contribution in [0.4, 0.5) is 0 Å². The summed E-state index contributed by atoms with van der Waals surface area (Å²) in [5.41, 5.74) is 0.932. The molecule has 0 N–H and O–H groups in total. The van der Waals surface area contributed by atoms with Gasteiger partial charge in [-0.1, -0.05) is 45.1 Å². The van der Waals surface area contributed by atoms with Crippen LogP contribution in [0.3, 0.4) is 0 Å². The Balaban J connectivity index is 1.39. The summed E-state index contributed by atoms with van der Waals surface area (Å²) in [5.74, 6) is 2.05. The number of carbonyl (C=O) groups excluding carboxylic acids is 2. The van der Waals surface area contributed by atoms with Gasteiger partial charge in [0.1, 0.15) is 5.76 Å². The van der Waals surface area contributed by atoms with Crippen molar-refractivity contribution in [3.63, 3.8) is 0 Å². The van der Waals surface area contributed by atoms with Crippen molar-refractivity contribution in [1.29, 1.82) is 0 Å². The van der Waals surface area contributed by atoms with Crippen molar-refractivity contribution in [3.05, 3.63) is 47.9 Å². The minimum absolute atomic E-state index is 0.0586. The fourth-order valence-electron chi connectivity index (χ4n) is 5.16. The molecule has 2 aliphatic rings. The first kappa shape index (κ1) is 29.9. The Bertz CT molecular complexity index is 1040. The summed E-state index contributed by atoms with van der Waals surface area (Å²) < 4.78 is 22.0. The monoisotopic (exact) mass is 555 g/mol. The fourth-order valence-corrected chi connectivity index (χ4v) is 5.16. The Hall–Kier alpha value is -3.04. The van der Waals surface area contributed by atoms with Crippen LogP contribution in [0.25, 0.3) is 0 Å². The molecule has 1 aromatic heterocycles. The number of hydrogen-bond acceptors (Lipinski definition) is 7. The van der Waals surface area contributed by atoms with Gasteiger partial charge in [0.15, 0.2) is 11.5 Å². The standard InChI is InChI=1S/C31H45N3O6/c1-2-3-4-5-6-7-11-30(35)33(15-9-14-32-16-19-37-20-17-32)24-31(36)34(23-27-10-8-18-38-27)22-26-12-13-28-29(21-26)40-25-39-28/h8,10,12-13,18,21H,2-7,9,11,14-17,19-20,22-25H2,1H3. The molecule has 220 valence electrons. The summed E-state index contributed by atoms with van der Waals surface area (Å²) in [6.45, 7) is 7.96. The summed E-state index contributed by atoms with van der Waals surface area (Å²) in [6, 6.07) is 9.41. The van der Waals surface area contributed by atoms with Crippen LogP contribution in [0, 0.1) is 0 Å². The van der Waals surface area contributed by atoms with Crippen LogP contribution >= 0.6 is 0 Å². The van der Waals surface area contributed by atoms with Crippen LogP contribution in [0.2, 0.25) is 0 Å². The predicted molar refractivity (Wildman–Crippen MR) is 152 cm³/mol. The van der Waals surface area contributed by atoms with Crippen LogP contribution in [0.1, 0.15) is 69.6 Å². The maximum atomic E-state index is 13.7. The lowest BCUT2D eigenvalue weighted by Gasteiger charge is -2.30. The Kier molecular flexibility index (Phi) is 12.2. The van der Waals surface area contributed by atoms with Crippen molar-refractivity contribution in [2.45, 2.75) is 71.4 Å². The topological polar surface area (TPSA) is 84.7 Å². The summed E-state index contributed by atoms with van der Waals surface area (Å²) in [7, 11) is 0. The van der Waals surface area contributed by atoms with Gasteiger partial charge in [-0.2, -0.15) is 0 Å². The number of rotatable bonds is 17. The fraction of sp³-hybridized carbons (Fsp3) is 0.613. The molecule has 2 aliphatic heterocycles. The molecule has 0 aliphatic carbocycles. The molecule has 0 radical (unpaired) electrons. The van der Waals surface area contributed by atoms with Gasteiger partial charge in [-0.15, -0.1) is 0 Å². The van der Waals surface area contributed by atoms with Crippen molar-refractivity contribution in [2.24, 2.45) is 0 Å². The number of fused-ring (bicyclic) bond motifs is 1. The third-order valence-corrected chi connectivity index (χ3v) is 7.52. The SMILES string of the molecule is CCCCCCCCC(=O)N(CCCN1CCOCC1)CC(=O)N(Cc1ccc2c(c1)OCO2)Cc1ccco1. The number of ether oxygens (including phenoxy) is 3. The van der Waals surface area contributed by atoms with Gasteiger partial charge in [-0.3, -0.25) is 14.5 Å². The van der Waals surface area contributed by atoms with Gasteiger partial charge in [0.2, 0.25) is 18.6 Å². The highest BCUT2D eigenvalue weighted by Crippen LogP contribution is 2.33. The number of carbonyl (C=O) groups is 2. The Morgan fingerprint density at radius 2 is 1.68 bits per heavy atom.